The zero-order valence-electron chi connectivity index (χ0n) is 15.6. The Balaban J connectivity index is 0.000000500. The SMILES string of the molecule is CS(=O)(=O)O.O=C(C1CCC1)N1CCO[C@](CCO)(c2ccc(Cl)c(Cl)c2)C1. The fourth-order valence-corrected chi connectivity index (χ4v) is 3.61. The highest BCUT2D eigenvalue weighted by Crippen LogP contribution is 2.38. The van der Waals surface area contributed by atoms with Crippen LogP contribution in [0, 0.1) is 5.92 Å². The molecule has 0 bridgehead atoms. The van der Waals surface area contributed by atoms with Crippen molar-refractivity contribution in [3.8, 4) is 0 Å². The molecule has 28 heavy (non-hydrogen) atoms. The summed E-state index contributed by atoms with van der Waals surface area (Å²) in [6.45, 7) is 1.48. The van der Waals surface area contributed by atoms with Crippen LogP contribution in [0.5, 0.6) is 0 Å². The first-order chi connectivity index (χ1) is 13.1. The van der Waals surface area contributed by atoms with E-state index in [0.717, 1.165) is 24.8 Å². The standard InChI is InChI=1S/C17H21Cl2NO3.CH4O3S/c18-14-5-4-13(10-15(14)19)17(6-8-21)11-20(7-9-23-17)16(22)12-2-1-3-12;1-5(2,3)4/h4-5,10,12,21H,1-3,6-9,11H2;1H3,(H,2,3,4)/t17-;/m0./s1. The van der Waals surface area contributed by atoms with Gasteiger partial charge in [-0.1, -0.05) is 35.7 Å². The minimum absolute atomic E-state index is 0.0221. The van der Waals surface area contributed by atoms with E-state index < -0.39 is 15.7 Å². The molecule has 7 nitrogen and oxygen atoms in total. The second kappa shape index (κ2) is 9.73. The molecule has 1 aromatic rings. The van der Waals surface area contributed by atoms with Crippen LogP contribution < -0.4 is 0 Å². The Morgan fingerprint density at radius 2 is 1.96 bits per heavy atom. The van der Waals surface area contributed by atoms with Gasteiger partial charge in [0.25, 0.3) is 10.1 Å². The molecular formula is C18H25Cl2NO6S. The van der Waals surface area contributed by atoms with Crippen molar-refractivity contribution in [1.82, 2.24) is 4.90 Å². The summed E-state index contributed by atoms with van der Waals surface area (Å²) >= 11 is 12.1. The molecule has 0 aromatic heterocycles. The van der Waals surface area contributed by atoms with E-state index in [1.165, 1.54) is 0 Å². The number of aliphatic hydroxyl groups excluding tert-OH is 1. The third kappa shape index (κ3) is 6.30. The summed E-state index contributed by atoms with van der Waals surface area (Å²) in [5.74, 6) is 0.371. The largest absolute Gasteiger partial charge is 0.396 e. The van der Waals surface area contributed by atoms with Crippen LogP contribution in [-0.2, 0) is 25.3 Å². The lowest BCUT2D eigenvalue weighted by molar-refractivity contribution is -0.161. The minimum atomic E-state index is -3.67. The van der Waals surface area contributed by atoms with Gasteiger partial charge in [0.1, 0.15) is 5.60 Å². The van der Waals surface area contributed by atoms with E-state index in [0.29, 0.717) is 42.4 Å². The van der Waals surface area contributed by atoms with Gasteiger partial charge < -0.3 is 14.7 Å². The number of nitrogens with zero attached hydrogens (tertiary/aromatic N) is 1. The number of ether oxygens (including phenoxy) is 1. The number of carbonyl (C=O) groups excluding carboxylic acids is 1. The molecule has 1 aliphatic carbocycles. The van der Waals surface area contributed by atoms with Crippen molar-refractivity contribution >= 4 is 39.2 Å². The van der Waals surface area contributed by atoms with E-state index >= 15 is 0 Å². The van der Waals surface area contributed by atoms with Gasteiger partial charge in [-0.25, -0.2) is 0 Å². The quantitative estimate of drug-likeness (QED) is 0.679. The summed E-state index contributed by atoms with van der Waals surface area (Å²) < 4.78 is 31.9. The molecule has 158 valence electrons. The predicted molar refractivity (Wildman–Crippen MR) is 107 cm³/mol. The van der Waals surface area contributed by atoms with Crippen LogP contribution in [0.3, 0.4) is 0 Å². The summed E-state index contributed by atoms with van der Waals surface area (Å²) in [6.07, 6.45) is 4.23. The van der Waals surface area contributed by atoms with Crippen LogP contribution in [-0.4, -0.2) is 61.4 Å². The first-order valence-electron chi connectivity index (χ1n) is 8.97. The first-order valence-corrected chi connectivity index (χ1v) is 11.6. The number of morpholine rings is 1. The molecule has 0 radical (unpaired) electrons. The molecule has 2 N–H and O–H groups in total. The zero-order chi connectivity index (χ0) is 20.9. The maximum absolute atomic E-state index is 12.6. The Morgan fingerprint density at radius 3 is 2.46 bits per heavy atom. The highest BCUT2D eigenvalue weighted by atomic mass is 35.5. The molecule has 0 spiro atoms. The Hall–Kier alpha value is -0.900. The van der Waals surface area contributed by atoms with E-state index in [1.807, 2.05) is 11.0 Å². The average molecular weight is 454 g/mol. The Labute approximate surface area is 175 Å². The minimum Gasteiger partial charge on any atom is -0.396 e. The molecule has 1 aromatic carbocycles. The molecule has 0 unspecified atom stereocenters. The monoisotopic (exact) mass is 453 g/mol. The van der Waals surface area contributed by atoms with Gasteiger partial charge in [-0.15, -0.1) is 0 Å². The van der Waals surface area contributed by atoms with Crippen LogP contribution in [0.4, 0.5) is 0 Å². The van der Waals surface area contributed by atoms with Crippen molar-refractivity contribution in [3.05, 3.63) is 33.8 Å². The second-order valence-corrected chi connectivity index (χ2v) is 9.35. The van der Waals surface area contributed by atoms with Gasteiger partial charge >= 0.3 is 0 Å². The number of hydrogen-bond donors (Lipinski definition) is 2. The molecule has 1 aliphatic heterocycles. The van der Waals surface area contributed by atoms with Gasteiger partial charge in [-0.3, -0.25) is 9.35 Å². The number of amides is 1. The summed E-state index contributed by atoms with van der Waals surface area (Å²) in [6, 6.07) is 5.37. The fraction of sp³-hybridized carbons (Fsp3) is 0.611. The van der Waals surface area contributed by atoms with Gasteiger partial charge in [-0.05, 0) is 30.5 Å². The van der Waals surface area contributed by atoms with Crippen molar-refractivity contribution in [2.45, 2.75) is 31.3 Å². The van der Waals surface area contributed by atoms with Gasteiger partial charge in [0.05, 0.1) is 29.5 Å². The number of aliphatic hydroxyl groups is 1. The van der Waals surface area contributed by atoms with Crippen LogP contribution >= 0.6 is 23.2 Å². The maximum atomic E-state index is 12.6. The highest BCUT2D eigenvalue weighted by molar-refractivity contribution is 7.85. The summed E-state index contributed by atoms with van der Waals surface area (Å²) in [5, 5.41) is 10.4. The van der Waals surface area contributed by atoms with Crippen molar-refractivity contribution < 1.29 is 27.6 Å². The van der Waals surface area contributed by atoms with Crippen molar-refractivity contribution in [2.75, 3.05) is 32.6 Å². The molecule has 2 aliphatic rings. The summed E-state index contributed by atoms with van der Waals surface area (Å²) in [5.41, 5.74) is 0.132. The van der Waals surface area contributed by atoms with Gasteiger partial charge in [-0.2, -0.15) is 8.42 Å². The number of halogens is 2. The molecule has 3 rings (SSSR count). The van der Waals surface area contributed by atoms with E-state index in [9.17, 15) is 18.3 Å². The molecule has 1 saturated carbocycles. The molecule has 1 saturated heterocycles. The van der Waals surface area contributed by atoms with Gasteiger partial charge in [0, 0.05) is 25.5 Å². The Morgan fingerprint density at radius 1 is 1.32 bits per heavy atom. The van der Waals surface area contributed by atoms with Gasteiger partial charge in [0.15, 0.2) is 0 Å². The lowest BCUT2D eigenvalue weighted by atomic mass is 9.83. The number of benzene rings is 1. The normalized spacial score (nSPS) is 22.8. The smallest absolute Gasteiger partial charge is 0.261 e. The van der Waals surface area contributed by atoms with Crippen molar-refractivity contribution in [1.29, 1.82) is 0 Å². The van der Waals surface area contributed by atoms with E-state index in [-0.39, 0.29) is 18.4 Å². The second-order valence-electron chi connectivity index (χ2n) is 7.07. The lowest BCUT2D eigenvalue weighted by Crippen LogP contribution is -2.54. The summed E-state index contributed by atoms with van der Waals surface area (Å²) in [7, 11) is -3.67. The van der Waals surface area contributed by atoms with Crippen molar-refractivity contribution in [3.63, 3.8) is 0 Å². The molecule has 2 fully saturated rings. The van der Waals surface area contributed by atoms with Gasteiger partial charge in [0.2, 0.25) is 5.91 Å². The van der Waals surface area contributed by atoms with E-state index in [2.05, 4.69) is 0 Å². The number of rotatable bonds is 4. The van der Waals surface area contributed by atoms with Crippen LogP contribution in [0.25, 0.3) is 0 Å². The fourth-order valence-electron chi connectivity index (χ4n) is 3.32. The van der Waals surface area contributed by atoms with Crippen LogP contribution in [0.2, 0.25) is 10.0 Å². The molecule has 1 amide bonds. The topological polar surface area (TPSA) is 104 Å². The van der Waals surface area contributed by atoms with Crippen LogP contribution in [0.1, 0.15) is 31.2 Å². The van der Waals surface area contributed by atoms with Crippen molar-refractivity contribution in [2.24, 2.45) is 5.92 Å². The molecule has 1 heterocycles. The Kier molecular flexibility index (Phi) is 8.13. The van der Waals surface area contributed by atoms with E-state index in [4.69, 9.17) is 32.5 Å². The molecular weight excluding hydrogens is 429 g/mol. The third-order valence-electron chi connectivity index (χ3n) is 4.91. The summed E-state index contributed by atoms with van der Waals surface area (Å²) in [4.78, 5) is 14.5. The first kappa shape index (κ1) is 23.4. The zero-order valence-corrected chi connectivity index (χ0v) is 17.9. The molecule has 1 atom stereocenters. The number of hydrogen-bond acceptors (Lipinski definition) is 5. The third-order valence-corrected chi connectivity index (χ3v) is 5.65. The maximum Gasteiger partial charge on any atom is 0.261 e. The highest BCUT2D eigenvalue weighted by Gasteiger charge is 2.41. The number of carbonyl (C=O) groups is 1. The predicted octanol–water partition coefficient (Wildman–Crippen LogP) is 2.73. The average Bonchev–Trinajstić information content (AvgIpc) is 2.54. The Bertz CT molecular complexity index is 787. The lowest BCUT2D eigenvalue weighted by Gasteiger charge is -2.44. The van der Waals surface area contributed by atoms with E-state index in [1.54, 1.807) is 12.1 Å². The van der Waals surface area contributed by atoms with Crippen LogP contribution in [0.15, 0.2) is 18.2 Å². The molecule has 10 heteroatoms.